The molecule has 6 heteroatoms. The highest BCUT2D eigenvalue weighted by atomic mass is 16.6. The second-order valence-corrected chi connectivity index (χ2v) is 17.5. The predicted molar refractivity (Wildman–Crippen MR) is 279 cm³/mol. The van der Waals surface area contributed by atoms with Crippen LogP contribution < -0.4 is 0 Å². The van der Waals surface area contributed by atoms with Crippen LogP contribution in [0.4, 0.5) is 0 Å². The zero-order valence-electron chi connectivity index (χ0n) is 42.2. The highest BCUT2D eigenvalue weighted by Gasteiger charge is 2.19. The van der Waals surface area contributed by atoms with Crippen LogP contribution in [0.25, 0.3) is 0 Å². The van der Waals surface area contributed by atoms with Gasteiger partial charge < -0.3 is 14.2 Å². The molecule has 1 atom stereocenters. The van der Waals surface area contributed by atoms with Crippen molar-refractivity contribution in [3.8, 4) is 0 Å². The molecule has 0 aliphatic rings. The second-order valence-electron chi connectivity index (χ2n) is 17.5. The number of ether oxygens (including phenoxy) is 3. The lowest BCUT2D eigenvalue weighted by molar-refractivity contribution is -0.167. The van der Waals surface area contributed by atoms with Crippen LogP contribution in [0.5, 0.6) is 0 Å². The molecule has 0 amide bonds. The Morgan fingerprint density at radius 1 is 0.323 bits per heavy atom. The first kappa shape index (κ1) is 61.3. The third-order valence-electron chi connectivity index (χ3n) is 11.2. The summed E-state index contributed by atoms with van der Waals surface area (Å²) in [4.78, 5) is 38.0. The average Bonchev–Trinajstić information content (AvgIpc) is 3.30. The zero-order valence-corrected chi connectivity index (χ0v) is 42.2. The Labute approximate surface area is 400 Å². The van der Waals surface area contributed by atoms with Crippen molar-refractivity contribution >= 4 is 17.9 Å². The minimum atomic E-state index is -0.815. The molecule has 0 aromatic carbocycles. The van der Waals surface area contributed by atoms with Crippen LogP contribution in [0.1, 0.15) is 239 Å². The predicted octanol–water partition coefficient (Wildman–Crippen LogP) is 17.8. The van der Waals surface area contributed by atoms with E-state index >= 15 is 0 Å². The average molecular weight is 903 g/mol. The molecule has 0 fully saturated rings. The van der Waals surface area contributed by atoms with Crippen molar-refractivity contribution in [3.05, 3.63) is 97.2 Å². The summed E-state index contributed by atoms with van der Waals surface area (Å²) in [6.07, 6.45) is 69.7. The number of unbranched alkanes of at least 4 members (excludes halogenated alkanes) is 25. The molecule has 0 saturated heterocycles. The molecule has 0 bridgehead atoms. The molecule has 0 radical (unpaired) electrons. The van der Waals surface area contributed by atoms with Gasteiger partial charge in [0.2, 0.25) is 0 Å². The van der Waals surface area contributed by atoms with Gasteiger partial charge in [0, 0.05) is 19.3 Å². The number of esters is 3. The maximum atomic E-state index is 12.8. The van der Waals surface area contributed by atoms with Crippen molar-refractivity contribution in [2.75, 3.05) is 13.2 Å². The largest absolute Gasteiger partial charge is 0.462 e. The molecule has 0 aliphatic carbocycles. The summed E-state index contributed by atoms with van der Waals surface area (Å²) in [6.45, 7) is 6.41. The SMILES string of the molecule is CC/C=C/C=C/C=C/C=C/CCCCCC(=O)OCC(COC(=O)CCCCCCC/C=C/C=C/CCCCCCCCC)OC(=O)CCCCC/C=C/C=C/CCCCCCCCC. The summed E-state index contributed by atoms with van der Waals surface area (Å²) < 4.78 is 16.7. The Bertz CT molecular complexity index is 1310. The van der Waals surface area contributed by atoms with E-state index in [0.717, 1.165) is 103 Å². The summed E-state index contributed by atoms with van der Waals surface area (Å²) in [7, 11) is 0. The van der Waals surface area contributed by atoms with Gasteiger partial charge in [0.1, 0.15) is 13.2 Å². The van der Waals surface area contributed by atoms with Crippen LogP contribution in [0.15, 0.2) is 97.2 Å². The lowest BCUT2D eigenvalue weighted by Gasteiger charge is -2.18. The van der Waals surface area contributed by atoms with Gasteiger partial charge in [0.05, 0.1) is 0 Å². The van der Waals surface area contributed by atoms with E-state index in [2.05, 4.69) is 81.5 Å². The van der Waals surface area contributed by atoms with Crippen molar-refractivity contribution in [1.82, 2.24) is 0 Å². The molecule has 0 aromatic rings. The lowest BCUT2D eigenvalue weighted by Crippen LogP contribution is -2.30. The van der Waals surface area contributed by atoms with Crippen LogP contribution in [0.3, 0.4) is 0 Å². The minimum absolute atomic E-state index is 0.110. The molecule has 0 aromatic heterocycles. The molecular weight excluding hydrogens is 805 g/mol. The third-order valence-corrected chi connectivity index (χ3v) is 11.2. The van der Waals surface area contributed by atoms with E-state index in [0.29, 0.717) is 12.8 Å². The van der Waals surface area contributed by atoms with Gasteiger partial charge in [-0.1, -0.05) is 227 Å². The normalized spacial score (nSPS) is 12.8. The summed E-state index contributed by atoms with van der Waals surface area (Å²) >= 11 is 0. The van der Waals surface area contributed by atoms with E-state index in [1.165, 1.54) is 96.3 Å². The molecule has 0 heterocycles. The number of carbonyl (C=O) groups excluding carboxylic acids is 3. The third kappa shape index (κ3) is 51.2. The molecular formula is C59H98O6. The number of carbonyl (C=O) groups is 3. The Hall–Kier alpha value is -3.67. The lowest BCUT2D eigenvalue weighted by atomic mass is 10.1. The van der Waals surface area contributed by atoms with Crippen molar-refractivity contribution < 1.29 is 28.6 Å². The Morgan fingerprint density at radius 3 is 0.969 bits per heavy atom. The monoisotopic (exact) mass is 903 g/mol. The second kappa shape index (κ2) is 52.9. The van der Waals surface area contributed by atoms with E-state index in [1.807, 2.05) is 36.5 Å². The summed E-state index contributed by atoms with van der Waals surface area (Å²) in [5, 5.41) is 0. The van der Waals surface area contributed by atoms with Crippen LogP contribution in [-0.2, 0) is 28.6 Å². The minimum Gasteiger partial charge on any atom is -0.462 e. The van der Waals surface area contributed by atoms with E-state index in [9.17, 15) is 14.4 Å². The fraction of sp³-hybridized carbons (Fsp3) is 0.678. The Kier molecular flexibility index (Phi) is 50.0. The van der Waals surface area contributed by atoms with Crippen molar-refractivity contribution in [3.63, 3.8) is 0 Å². The van der Waals surface area contributed by atoms with Crippen LogP contribution in [0, 0.1) is 0 Å². The van der Waals surface area contributed by atoms with Crippen LogP contribution in [0.2, 0.25) is 0 Å². The molecule has 1 unspecified atom stereocenters. The first-order valence-electron chi connectivity index (χ1n) is 26.8. The van der Waals surface area contributed by atoms with E-state index in [-0.39, 0.29) is 37.5 Å². The van der Waals surface area contributed by atoms with Gasteiger partial charge in [-0.2, -0.15) is 0 Å². The molecule has 6 nitrogen and oxygen atoms in total. The zero-order chi connectivity index (χ0) is 47.2. The Balaban J connectivity index is 4.50. The number of hydrogen-bond donors (Lipinski definition) is 0. The first-order valence-corrected chi connectivity index (χ1v) is 26.8. The molecule has 65 heavy (non-hydrogen) atoms. The smallest absolute Gasteiger partial charge is 0.306 e. The van der Waals surface area contributed by atoms with Crippen molar-refractivity contribution in [2.24, 2.45) is 0 Å². The maximum absolute atomic E-state index is 12.8. The molecule has 0 aliphatic heterocycles. The molecule has 0 saturated carbocycles. The van der Waals surface area contributed by atoms with E-state index < -0.39 is 6.10 Å². The van der Waals surface area contributed by atoms with Gasteiger partial charge in [0.25, 0.3) is 0 Å². The van der Waals surface area contributed by atoms with Gasteiger partial charge in [-0.05, 0) is 89.9 Å². The molecule has 0 N–H and O–H groups in total. The number of allylic oxidation sites excluding steroid dienone is 16. The summed E-state index contributed by atoms with van der Waals surface area (Å²) in [6, 6.07) is 0. The topological polar surface area (TPSA) is 78.9 Å². The molecule has 0 spiro atoms. The standard InChI is InChI=1S/C59H98O6/c1-4-7-10-13-16-19-22-25-27-29-30-32-34-37-40-43-46-49-52-58(61)64-55-56(54-63-57(60)51-48-45-42-39-36-33-24-21-18-15-12-9-6-3)65-59(62)53-50-47-44-41-38-35-31-28-26-23-20-17-14-11-8-5-2/h9,12,15,18,21,24,27-33,35-36,38,56H,4-8,10-11,13-14,16-17,19-20,22-23,25-26,34,37,39-55H2,1-3H3/b12-9+,18-15+,24-21+,29-27+,31-28+,32-30+,36-33+,38-35+. The highest BCUT2D eigenvalue weighted by Crippen LogP contribution is 2.13. The van der Waals surface area contributed by atoms with Crippen LogP contribution >= 0.6 is 0 Å². The van der Waals surface area contributed by atoms with Crippen LogP contribution in [-0.4, -0.2) is 37.2 Å². The summed E-state index contributed by atoms with van der Waals surface area (Å²) in [5.74, 6) is -0.992. The van der Waals surface area contributed by atoms with Crippen molar-refractivity contribution in [1.29, 1.82) is 0 Å². The summed E-state index contributed by atoms with van der Waals surface area (Å²) in [5.41, 5.74) is 0. The van der Waals surface area contributed by atoms with Gasteiger partial charge in [-0.15, -0.1) is 0 Å². The number of rotatable bonds is 47. The maximum Gasteiger partial charge on any atom is 0.306 e. The van der Waals surface area contributed by atoms with Gasteiger partial charge in [0.15, 0.2) is 6.10 Å². The fourth-order valence-corrected chi connectivity index (χ4v) is 7.14. The Morgan fingerprint density at radius 2 is 0.600 bits per heavy atom. The van der Waals surface area contributed by atoms with Gasteiger partial charge in [-0.25, -0.2) is 0 Å². The fourth-order valence-electron chi connectivity index (χ4n) is 7.14. The van der Waals surface area contributed by atoms with Crippen molar-refractivity contribution in [2.45, 2.75) is 245 Å². The van der Waals surface area contributed by atoms with Gasteiger partial charge in [-0.3, -0.25) is 14.4 Å². The van der Waals surface area contributed by atoms with E-state index in [1.54, 1.807) is 0 Å². The highest BCUT2D eigenvalue weighted by molar-refractivity contribution is 5.71. The first-order chi connectivity index (χ1) is 32.0. The number of hydrogen-bond acceptors (Lipinski definition) is 6. The molecule has 0 rings (SSSR count). The van der Waals surface area contributed by atoms with E-state index in [4.69, 9.17) is 14.2 Å². The molecule has 370 valence electrons. The quantitative estimate of drug-likeness (QED) is 0.0262. The van der Waals surface area contributed by atoms with Gasteiger partial charge >= 0.3 is 17.9 Å².